The summed E-state index contributed by atoms with van der Waals surface area (Å²) in [5.41, 5.74) is 1.76. The Balaban J connectivity index is 1.71. The van der Waals surface area contributed by atoms with Crippen LogP contribution in [-0.2, 0) is 29.7 Å². The van der Waals surface area contributed by atoms with Crippen molar-refractivity contribution in [3.63, 3.8) is 0 Å². The lowest BCUT2D eigenvalue weighted by Gasteiger charge is -2.34. The fourth-order valence-electron chi connectivity index (χ4n) is 4.79. The Morgan fingerprint density at radius 3 is 1.53 bits per heavy atom. The van der Waals surface area contributed by atoms with Crippen molar-refractivity contribution in [3.05, 3.63) is 111 Å². The second-order valence-corrected chi connectivity index (χ2v) is 15.2. The van der Waals surface area contributed by atoms with Crippen LogP contribution in [0, 0.1) is 6.92 Å². The molecule has 1 aliphatic heterocycles. The average Bonchev–Trinajstić information content (AvgIpc) is 2.89. The van der Waals surface area contributed by atoms with Crippen LogP contribution in [0.5, 0.6) is 0 Å². The molecule has 0 unspecified atom stereocenters. The lowest BCUT2D eigenvalue weighted by atomic mass is 9.83. The lowest BCUT2D eigenvalue weighted by molar-refractivity contribution is 0.436. The van der Waals surface area contributed by atoms with Crippen molar-refractivity contribution in [2.24, 2.45) is 0 Å². The fraction of sp³-hybridized carbons (Fsp3) is 0.214. The van der Waals surface area contributed by atoms with E-state index in [2.05, 4.69) is 0 Å². The molecule has 5 rings (SSSR count). The van der Waals surface area contributed by atoms with Gasteiger partial charge in [0.1, 0.15) is 0 Å². The molecule has 198 valence electrons. The van der Waals surface area contributed by atoms with Gasteiger partial charge in [0.25, 0.3) is 0 Å². The summed E-state index contributed by atoms with van der Waals surface area (Å²) in [6.07, 6.45) is 0.706. The Labute approximate surface area is 224 Å². The van der Waals surface area contributed by atoms with Crippen molar-refractivity contribution in [2.45, 2.75) is 40.9 Å². The van der Waals surface area contributed by atoms with E-state index in [0.29, 0.717) is 24.0 Å². The van der Waals surface area contributed by atoms with Gasteiger partial charge >= 0.3 is 0 Å². The highest BCUT2D eigenvalue weighted by molar-refractivity contribution is 7.96. The summed E-state index contributed by atoms with van der Waals surface area (Å²) in [5.74, 6) is 0. The molecule has 3 aromatic rings. The van der Waals surface area contributed by atoms with E-state index in [1.807, 2.05) is 6.92 Å². The van der Waals surface area contributed by atoms with E-state index in [4.69, 9.17) is 0 Å². The first-order chi connectivity index (χ1) is 18.0. The van der Waals surface area contributed by atoms with Gasteiger partial charge in [0.15, 0.2) is 0 Å². The predicted octanol–water partition coefficient (Wildman–Crippen LogP) is 4.64. The number of hydrogen-bond acceptors (Lipinski definition) is 6. The normalized spacial score (nSPS) is 21.2. The Morgan fingerprint density at radius 1 is 0.553 bits per heavy atom. The number of benzene rings is 3. The standard InChI is InChI=1S/C28H27NO6S3/c1-21-12-14-24(15-13-21)38(34,35)29-19-18-27(36(30,31)22-8-4-2-5-9-22)25-16-17-26(25)28(20-29)37(32,33)23-10-6-3-7-11-23/h2-15H,16-20H2,1H3/b27-25+,28-26+. The highest BCUT2D eigenvalue weighted by atomic mass is 32.2. The van der Waals surface area contributed by atoms with Crippen molar-refractivity contribution >= 4 is 29.7 Å². The molecule has 0 atom stereocenters. The molecule has 1 heterocycles. The first-order valence-electron chi connectivity index (χ1n) is 12.1. The molecule has 0 amide bonds. The molecular weight excluding hydrogens is 543 g/mol. The Morgan fingerprint density at radius 2 is 1.03 bits per heavy atom. The van der Waals surface area contributed by atoms with Crippen molar-refractivity contribution in [3.8, 4) is 0 Å². The van der Waals surface area contributed by atoms with Crippen molar-refractivity contribution in [1.29, 1.82) is 0 Å². The number of nitrogens with zero attached hydrogens (tertiary/aromatic N) is 1. The first kappa shape index (κ1) is 26.6. The number of sulfonamides is 1. The van der Waals surface area contributed by atoms with E-state index >= 15 is 0 Å². The lowest BCUT2D eigenvalue weighted by Crippen LogP contribution is -2.38. The zero-order chi connectivity index (χ0) is 27.1. The van der Waals surface area contributed by atoms with Gasteiger partial charge in [-0.15, -0.1) is 0 Å². The third kappa shape index (κ3) is 4.66. The molecule has 38 heavy (non-hydrogen) atoms. The topological polar surface area (TPSA) is 106 Å². The monoisotopic (exact) mass is 569 g/mol. The molecule has 2 aliphatic rings. The largest absolute Gasteiger partial charge is 0.243 e. The Hall–Kier alpha value is -3.05. The molecule has 0 aromatic heterocycles. The second kappa shape index (κ2) is 9.92. The van der Waals surface area contributed by atoms with Crippen LogP contribution in [0.1, 0.15) is 24.8 Å². The van der Waals surface area contributed by atoms with Gasteiger partial charge in [0, 0.05) is 6.54 Å². The molecule has 1 saturated carbocycles. The molecule has 3 aromatic carbocycles. The first-order valence-corrected chi connectivity index (χ1v) is 16.5. The zero-order valence-electron chi connectivity index (χ0n) is 20.7. The van der Waals surface area contributed by atoms with Crippen molar-refractivity contribution < 1.29 is 25.3 Å². The highest BCUT2D eigenvalue weighted by Crippen LogP contribution is 2.45. The van der Waals surface area contributed by atoms with Gasteiger partial charge in [-0.25, -0.2) is 25.3 Å². The molecule has 1 fully saturated rings. The molecule has 0 bridgehead atoms. The van der Waals surface area contributed by atoms with Gasteiger partial charge in [0.05, 0.1) is 31.0 Å². The number of hydrogen-bond donors (Lipinski definition) is 0. The molecule has 0 saturated heterocycles. The minimum Gasteiger partial charge on any atom is -0.219 e. The molecule has 1 aliphatic carbocycles. The Kier molecular flexibility index (Phi) is 6.93. The average molecular weight is 570 g/mol. The maximum Gasteiger partial charge on any atom is 0.243 e. The second-order valence-electron chi connectivity index (χ2n) is 9.34. The highest BCUT2D eigenvalue weighted by Gasteiger charge is 2.40. The molecular formula is C28H27NO6S3. The summed E-state index contributed by atoms with van der Waals surface area (Å²) in [4.78, 5) is 0.162. The van der Waals surface area contributed by atoms with Crippen LogP contribution in [0.15, 0.2) is 121 Å². The summed E-state index contributed by atoms with van der Waals surface area (Å²) < 4.78 is 83.8. The van der Waals surface area contributed by atoms with Gasteiger partial charge in [-0.3, -0.25) is 0 Å². The number of rotatable bonds is 6. The summed E-state index contributed by atoms with van der Waals surface area (Å²) in [7, 11) is -12.2. The SMILES string of the molecule is Cc1ccc(S(=O)(=O)N2CC/C(S(=O)(=O)c3ccccc3)=C3/CC/C3=C(\S(=O)(=O)c3ccccc3)C2)cc1. The molecule has 7 nitrogen and oxygen atoms in total. The fourth-order valence-corrected chi connectivity index (χ4v) is 9.67. The van der Waals surface area contributed by atoms with E-state index < -0.39 is 29.7 Å². The number of aryl methyl sites for hydroxylation is 1. The summed E-state index contributed by atoms with van der Waals surface area (Å²) in [6, 6.07) is 22.1. The van der Waals surface area contributed by atoms with Crippen LogP contribution >= 0.6 is 0 Å². The van der Waals surface area contributed by atoms with E-state index in [9.17, 15) is 25.3 Å². The van der Waals surface area contributed by atoms with Gasteiger partial charge in [-0.1, -0.05) is 54.1 Å². The van der Waals surface area contributed by atoms with Gasteiger partial charge in [-0.2, -0.15) is 4.31 Å². The minimum atomic E-state index is -4.13. The third-order valence-electron chi connectivity index (χ3n) is 6.99. The Bertz CT molecular complexity index is 1760. The molecule has 0 spiro atoms. The molecule has 10 heteroatoms. The van der Waals surface area contributed by atoms with Gasteiger partial charge in [0.2, 0.25) is 29.7 Å². The minimum absolute atomic E-state index is 0.0235. The summed E-state index contributed by atoms with van der Waals surface area (Å²) in [6.45, 7) is 1.29. The van der Waals surface area contributed by atoms with E-state index in [1.54, 1.807) is 48.5 Å². The maximum atomic E-state index is 13.9. The van der Waals surface area contributed by atoms with Crippen LogP contribution < -0.4 is 0 Å². The summed E-state index contributed by atoms with van der Waals surface area (Å²) in [5, 5.41) is 0. The van der Waals surface area contributed by atoms with Crippen LogP contribution in [0.2, 0.25) is 0 Å². The number of allylic oxidation sites excluding steroid dienone is 2. The predicted molar refractivity (Wildman–Crippen MR) is 145 cm³/mol. The van der Waals surface area contributed by atoms with Crippen LogP contribution in [0.25, 0.3) is 0 Å². The van der Waals surface area contributed by atoms with Crippen molar-refractivity contribution in [1.82, 2.24) is 4.31 Å². The van der Waals surface area contributed by atoms with Crippen LogP contribution in [0.4, 0.5) is 0 Å². The van der Waals surface area contributed by atoms with Crippen LogP contribution in [0.3, 0.4) is 0 Å². The number of fused-ring (bicyclic) bond motifs is 1. The van der Waals surface area contributed by atoms with E-state index in [0.717, 1.165) is 9.87 Å². The third-order valence-corrected chi connectivity index (χ3v) is 12.8. The summed E-state index contributed by atoms with van der Waals surface area (Å²) >= 11 is 0. The van der Waals surface area contributed by atoms with Crippen LogP contribution in [-0.4, -0.2) is 42.6 Å². The van der Waals surface area contributed by atoms with Gasteiger partial charge < -0.3 is 0 Å². The van der Waals surface area contributed by atoms with Gasteiger partial charge in [-0.05, 0) is 73.7 Å². The number of sulfone groups is 2. The maximum absolute atomic E-state index is 13.9. The molecule has 0 N–H and O–H groups in total. The zero-order valence-corrected chi connectivity index (χ0v) is 23.2. The smallest absolute Gasteiger partial charge is 0.219 e. The molecule has 0 radical (unpaired) electrons. The van der Waals surface area contributed by atoms with E-state index in [1.165, 1.54) is 36.4 Å². The van der Waals surface area contributed by atoms with E-state index in [-0.39, 0.29) is 44.0 Å². The quantitative estimate of drug-likeness (QED) is 0.428. The van der Waals surface area contributed by atoms with Crippen molar-refractivity contribution in [2.75, 3.05) is 13.1 Å².